The summed E-state index contributed by atoms with van der Waals surface area (Å²) in [5.41, 5.74) is -0.975. The van der Waals surface area contributed by atoms with Gasteiger partial charge >= 0.3 is 5.97 Å². The summed E-state index contributed by atoms with van der Waals surface area (Å²) in [7, 11) is 0. The maximum atomic E-state index is 12.0. The molecule has 0 spiro atoms. The third kappa shape index (κ3) is 3.68. The quantitative estimate of drug-likeness (QED) is 0.765. The van der Waals surface area contributed by atoms with Crippen molar-refractivity contribution in [3.05, 3.63) is 0 Å². The third-order valence-electron chi connectivity index (χ3n) is 3.36. The van der Waals surface area contributed by atoms with E-state index in [-0.39, 0.29) is 11.9 Å². The van der Waals surface area contributed by atoms with Crippen molar-refractivity contribution in [1.82, 2.24) is 0 Å². The molecule has 1 saturated heterocycles. The van der Waals surface area contributed by atoms with Crippen LogP contribution in [-0.2, 0) is 14.3 Å². The molecule has 100 valence electrons. The molecule has 0 saturated carbocycles. The summed E-state index contributed by atoms with van der Waals surface area (Å²) < 4.78 is 10.4. The summed E-state index contributed by atoms with van der Waals surface area (Å²) in [6, 6.07) is 0. The Morgan fingerprint density at radius 2 is 2.12 bits per heavy atom. The Bertz CT molecular complexity index is 242. The molecule has 1 rings (SSSR count). The van der Waals surface area contributed by atoms with Crippen molar-refractivity contribution in [2.45, 2.75) is 45.6 Å². The Kier molecular flexibility index (Phi) is 5.40. The second kappa shape index (κ2) is 6.36. The minimum absolute atomic E-state index is 0.0668. The third-order valence-corrected chi connectivity index (χ3v) is 3.36. The largest absolute Gasteiger partial charge is 0.466 e. The topological polar surface area (TPSA) is 55.8 Å². The first kappa shape index (κ1) is 14.5. The van der Waals surface area contributed by atoms with Crippen LogP contribution in [0.4, 0.5) is 0 Å². The van der Waals surface area contributed by atoms with Crippen molar-refractivity contribution in [3.63, 3.8) is 0 Å². The maximum Gasteiger partial charge on any atom is 0.312 e. The second-order valence-electron chi connectivity index (χ2n) is 5.04. The number of ether oxygens (including phenoxy) is 2. The highest BCUT2D eigenvalue weighted by atomic mass is 16.5. The van der Waals surface area contributed by atoms with Gasteiger partial charge in [-0.25, -0.2) is 0 Å². The maximum absolute atomic E-state index is 12.0. The number of carbonyl (C=O) groups is 1. The van der Waals surface area contributed by atoms with E-state index in [4.69, 9.17) is 9.47 Å². The number of hydrogen-bond acceptors (Lipinski definition) is 4. The van der Waals surface area contributed by atoms with Crippen molar-refractivity contribution in [3.8, 4) is 0 Å². The molecule has 0 aromatic rings. The predicted octanol–water partition coefficient (Wildman–Crippen LogP) is 1.75. The van der Waals surface area contributed by atoms with Gasteiger partial charge in [0.05, 0.1) is 18.1 Å². The summed E-state index contributed by atoms with van der Waals surface area (Å²) in [6.45, 7) is 7.22. The normalized spacial score (nSPS) is 27.6. The highest BCUT2D eigenvalue weighted by Gasteiger charge is 2.44. The molecule has 1 N–H and O–H groups in total. The lowest BCUT2D eigenvalue weighted by atomic mass is 9.75. The molecule has 1 heterocycles. The molecular formula is C13H24O4. The molecule has 0 bridgehead atoms. The van der Waals surface area contributed by atoms with Gasteiger partial charge in [-0.15, -0.1) is 0 Å². The molecular weight excluding hydrogens is 220 g/mol. The highest BCUT2D eigenvalue weighted by molar-refractivity contribution is 5.74. The Morgan fingerprint density at radius 3 is 2.71 bits per heavy atom. The Hall–Kier alpha value is -0.610. The number of hydrogen-bond donors (Lipinski definition) is 1. The molecule has 1 aliphatic heterocycles. The van der Waals surface area contributed by atoms with Crippen LogP contribution >= 0.6 is 0 Å². The monoisotopic (exact) mass is 244 g/mol. The van der Waals surface area contributed by atoms with E-state index in [9.17, 15) is 9.90 Å². The van der Waals surface area contributed by atoms with Crippen molar-refractivity contribution in [1.29, 1.82) is 0 Å². The van der Waals surface area contributed by atoms with Crippen molar-refractivity contribution < 1.29 is 19.4 Å². The van der Waals surface area contributed by atoms with Crippen LogP contribution < -0.4 is 0 Å². The van der Waals surface area contributed by atoms with E-state index in [1.54, 1.807) is 6.92 Å². The van der Waals surface area contributed by atoms with Crippen LogP contribution in [-0.4, -0.2) is 36.5 Å². The van der Waals surface area contributed by atoms with E-state index >= 15 is 0 Å². The standard InChI is InChI=1S/C13H24O4/c1-4-17-12(14)11(10(2)3)13(15)6-5-8-16-9-7-13/h10-11,15H,4-9H2,1-3H3. The van der Waals surface area contributed by atoms with Crippen LogP contribution in [0.2, 0.25) is 0 Å². The molecule has 4 nitrogen and oxygen atoms in total. The molecule has 1 aliphatic rings. The number of rotatable bonds is 4. The minimum atomic E-state index is -0.975. The average molecular weight is 244 g/mol. The fraction of sp³-hybridized carbons (Fsp3) is 0.923. The first-order chi connectivity index (χ1) is 8.01. The summed E-state index contributed by atoms with van der Waals surface area (Å²) in [5.74, 6) is -0.673. The molecule has 0 aromatic heterocycles. The SMILES string of the molecule is CCOC(=O)C(C(C)C)C1(O)CCCOCC1. The molecule has 1 fully saturated rings. The van der Waals surface area contributed by atoms with E-state index in [1.165, 1.54) is 0 Å². The van der Waals surface area contributed by atoms with Gasteiger partial charge in [-0.3, -0.25) is 4.79 Å². The number of carbonyl (C=O) groups excluding carboxylic acids is 1. The van der Waals surface area contributed by atoms with Gasteiger partial charge in [0, 0.05) is 19.6 Å². The molecule has 0 aromatic carbocycles. The minimum Gasteiger partial charge on any atom is -0.466 e. The molecule has 0 amide bonds. The summed E-state index contributed by atoms with van der Waals surface area (Å²) in [4.78, 5) is 12.0. The van der Waals surface area contributed by atoms with Crippen LogP contribution in [0, 0.1) is 11.8 Å². The van der Waals surface area contributed by atoms with E-state index in [0.29, 0.717) is 32.7 Å². The van der Waals surface area contributed by atoms with Crippen LogP contribution in [0.1, 0.15) is 40.0 Å². The van der Waals surface area contributed by atoms with Gasteiger partial charge in [-0.1, -0.05) is 13.8 Å². The van der Waals surface area contributed by atoms with E-state index < -0.39 is 11.5 Å². The van der Waals surface area contributed by atoms with Crippen LogP contribution in [0.3, 0.4) is 0 Å². The van der Waals surface area contributed by atoms with Gasteiger partial charge in [0.25, 0.3) is 0 Å². The molecule has 4 heteroatoms. The van der Waals surface area contributed by atoms with Crippen LogP contribution in [0.25, 0.3) is 0 Å². The summed E-state index contributed by atoms with van der Waals surface area (Å²) in [5, 5.41) is 10.7. The summed E-state index contributed by atoms with van der Waals surface area (Å²) in [6.07, 6.45) is 1.91. The van der Waals surface area contributed by atoms with Gasteiger partial charge in [0.15, 0.2) is 0 Å². The second-order valence-corrected chi connectivity index (χ2v) is 5.04. The first-order valence-corrected chi connectivity index (χ1v) is 6.48. The fourth-order valence-electron chi connectivity index (χ4n) is 2.61. The lowest BCUT2D eigenvalue weighted by Crippen LogP contribution is -2.46. The Balaban J connectivity index is 2.83. The van der Waals surface area contributed by atoms with E-state index in [2.05, 4.69) is 0 Å². The summed E-state index contributed by atoms with van der Waals surface area (Å²) >= 11 is 0. The van der Waals surface area contributed by atoms with Crippen molar-refractivity contribution >= 4 is 5.97 Å². The molecule has 0 radical (unpaired) electrons. The molecule has 2 unspecified atom stereocenters. The van der Waals surface area contributed by atoms with Gasteiger partial charge in [0.1, 0.15) is 0 Å². The van der Waals surface area contributed by atoms with Gasteiger partial charge in [0.2, 0.25) is 0 Å². The smallest absolute Gasteiger partial charge is 0.312 e. The Labute approximate surface area is 103 Å². The number of aliphatic hydroxyl groups is 1. The predicted molar refractivity (Wildman–Crippen MR) is 64.6 cm³/mol. The van der Waals surface area contributed by atoms with Crippen LogP contribution in [0.5, 0.6) is 0 Å². The molecule has 2 atom stereocenters. The lowest BCUT2D eigenvalue weighted by molar-refractivity contribution is -0.163. The van der Waals surface area contributed by atoms with E-state index in [1.807, 2.05) is 13.8 Å². The van der Waals surface area contributed by atoms with E-state index in [0.717, 1.165) is 6.42 Å². The Morgan fingerprint density at radius 1 is 1.41 bits per heavy atom. The lowest BCUT2D eigenvalue weighted by Gasteiger charge is -2.35. The zero-order chi connectivity index (χ0) is 12.9. The molecule has 0 aliphatic carbocycles. The van der Waals surface area contributed by atoms with Gasteiger partial charge in [-0.2, -0.15) is 0 Å². The highest BCUT2D eigenvalue weighted by Crippen LogP contribution is 2.34. The van der Waals surface area contributed by atoms with Crippen LogP contribution in [0.15, 0.2) is 0 Å². The van der Waals surface area contributed by atoms with Gasteiger partial charge < -0.3 is 14.6 Å². The fourth-order valence-corrected chi connectivity index (χ4v) is 2.61. The van der Waals surface area contributed by atoms with Gasteiger partial charge in [-0.05, 0) is 25.7 Å². The van der Waals surface area contributed by atoms with Crippen molar-refractivity contribution in [2.75, 3.05) is 19.8 Å². The average Bonchev–Trinajstić information content (AvgIpc) is 2.43. The zero-order valence-electron chi connectivity index (χ0n) is 11.1. The molecule has 17 heavy (non-hydrogen) atoms. The van der Waals surface area contributed by atoms with Crippen molar-refractivity contribution in [2.24, 2.45) is 11.8 Å². The number of esters is 1. The zero-order valence-corrected chi connectivity index (χ0v) is 11.1. The first-order valence-electron chi connectivity index (χ1n) is 6.48.